The average molecular weight is 259 g/mol. The van der Waals surface area contributed by atoms with Gasteiger partial charge in [0.05, 0.1) is 19.3 Å². The Bertz CT molecular complexity index is 534. The largest absolute Gasteiger partial charge is 0.493 e. The van der Waals surface area contributed by atoms with Gasteiger partial charge in [-0.2, -0.15) is 5.10 Å². The molecule has 1 aromatic heterocycles. The third-order valence-electron chi connectivity index (χ3n) is 2.97. The molecule has 2 rings (SSSR count). The summed E-state index contributed by atoms with van der Waals surface area (Å²) in [4.78, 5) is 0. The van der Waals surface area contributed by atoms with Crippen LogP contribution in [0.25, 0.3) is 11.1 Å². The van der Waals surface area contributed by atoms with Crippen molar-refractivity contribution in [3.63, 3.8) is 0 Å². The van der Waals surface area contributed by atoms with Crippen molar-refractivity contribution >= 4 is 0 Å². The predicted octanol–water partition coefficient (Wildman–Crippen LogP) is 2.61. The molecule has 0 saturated heterocycles. The molecule has 0 radical (unpaired) electrons. The Morgan fingerprint density at radius 2 is 2.16 bits per heavy atom. The Labute approximate surface area is 114 Å². The van der Waals surface area contributed by atoms with Gasteiger partial charge in [0.15, 0.2) is 0 Å². The van der Waals surface area contributed by atoms with Gasteiger partial charge in [-0.05, 0) is 30.5 Å². The second-order valence-electron chi connectivity index (χ2n) is 4.61. The first-order valence-electron chi connectivity index (χ1n) is 6.71. The Kier molecular flexibility index (Phi) is 4.58. The van der Waals surface area contributed by atoms with Crippen molar-refractivity contribution in [3.05, 3.63) is 36.2 Å². The van der Waals surface area contributed by atoms with Gasteiger partial charge in [-0.25, -0.2) is 0 Å². The highest BCUT2D eigenvalue weighted by Crippen LogP contribution is 2.26. The molecule has 1 heterocycles. The third kappa shape index (κ3) is 3.35. The lowest BCUT2D eigenvalue weighted by atomic mass is 10.1. The first-order chi connectivity index (χ1) is 9.24. The average Bonchev–Trinajstić information content (AvgIpc) is 2.87. The van der Waals surface area contributed by atoms with Gasteiger partial charge in [-0.15, -0.1) is 0 Å². The summed E-state index contributed by atoms with van der Waals surface area (Å²) in [6.07, 6.45) is 4.89. The molecule has 0 unspecified atom stereocenters. The zero-order valence-corrected chi connectivity index (χ0v) is 11.6. The van der Waals surface area contributed by atoms with Crippen molar-refractivity contribution in [1.82, 2.24) is 9.78 Å². The molecule has 0 saturated carbocycles. The highest BCUT2D eigenvalue weighted by Gasteiger charge is 2.05. The van der Waals surface area contributed by atoms with Crippen LogP contribution in [0.1, 0.15) is 18.9 Å². The normalized spacial score (nSPS) is 10.7. The van der Waals surface area contributed by atoms with Crippen LogP contribution >= 0.6 is 0 Å². The topological polar surface area (TPSA) is 53.1 Å². The number of rotatable bonds is 6. The predicted molar refractivity (Wildman–Crippen MR) is 77.2 cm³/mol. The number of hydrogen-bond acceptors (Lipinski definition) is 3. The zero-order chi connectivity index (χ0) is 13.7. The van der Waals surface area contributed by atoms with Crippen LogP contribution in [0.3, 0.4) is 0 Å². The lowest BCUT2D eigenvalue weighted by Gasteiger charge is -2.09. The first kappa shape index (κ1) is 13.6. The SMILES string of the molecule is CCCOc1cc(-c2cnn(CCN)c2)ccc1C. The van der Waals surface area contributed by atoms with E-state index < -0.39 is 0 Å². The first-order valence-corrected chi connectivity index (χ1v) is 6.71. The number of nitrogens with zero attached hydrogens (tertiary/aromatic N) is 2. The second kappa shape index (κ2) is 6.38. The number of benzene rings is 1. The molecule has 4 nitrogen and oxygen atoms in total. The van der Waals surface area contributed by atoms with E-state index in [1.807, 2.05) is 17.1 Å². The Morgan fingerprint density at radius 3 is 2.89 bits per heavy atom. The van der Waals surface area contributed by atoms with Crippen LogP contribution in [0.2, 0.25) is 0 Å². The number of ether oxygens (including phenoxy) is 1. The number of aryl methyl sites for hydroxylation is 1. The standard InChI is InChI=1S/C15H21N3O/c1-3-8-19-15-9-13(5-4-12(15)2)14-10-17-18(11-14)7-6-16/h4-5,9-11H,3,6-8,16H2,1-2H3. The lowest BCUT2D eigenvalue weighted by molar-refractivity contribution is 0.315. The molecule has 0 atom stereocenters. The van der Waals surface area contributed by atoms with Gasteiger partial charge in [0.1, 0.15) is 5.75 Å². The summed E-state index contributed by atoms with van der Waals surface area (Å²) in [7, 11) is 0. The molecule has 0 aliphatic heterocycles. The highest BCUT2D eigenvalue weighted by molar-refractivity contribution is 5.64. The summed E-state index contributed by atoms with van der Waals surface area (Å²) in [6.45, 7) is 6.25. The smallest absolute Gasteiger partial charge is 0.122 e. The highest BCUT2D eigenvalue weighted by atomic mass is 16.5. The van der Waals surface area contributed by atoms with Crippen molar-refractivity contribution < 1.29 is 4.74 Å². The molecule has 2 aromatic rings. The summed E-state index contributed by atoms with van der Waals surface area (Å²) in [5.41, 5.74) is 8.90. The van der Waals surface area contributed by atoms with E-state index in [-0.39, 0.29) is 0 Å². The van der Waals surface area contributed by atoms with Crippen LogP contribution in [0.4, 0.5) is 0 Å². The van der Waals surface area contributed by atoms with Crippen LogP contribution in [0.5, 0.6) is 5.75 Å². The van der Waals surface area contributed by atoms with Crippen molar-refractivity contribution in [2.45, 2.75) is 26.8 Å². The van der Waals surface area contributed by atoms with Gasteiger partial charge < -0.3 is 10.5 Å². The van der Waals surface area contributed by atoms with Gasteiger partial charge in [-0.3, -0.25) is 4.68 Å². The summed E-state index contributed by atoms with van der Waals surface area (Å²) in [5.74, 6) is 0.950. The molecule has 0 spiro atoms. The fraction of sp³-hybridized carbons (Fsp3) is 0.400. The molecule has 0 aliphatic carbocycles. The van der Waals surface area contributed by atoms with Crippen molar-refractivity contribution in [2.24, 2.45) is 5.73 Å². The maximum absolute atomic E-state index is 5.76. The van der Waals surface area contributed by atoms with Crippen LogP contribution in [0.15, 0.2) is 30.6 Å². The molecule has 4 heteroatoms. The monoisotopic (exact) mass is 259 g/mol. The van der Waals surface area contributed by atoms with E-state index in [9.17, 15) is 0 Å². The van der Waals surface area contributed by atoms with E-state index in [0.29, 0.717) is 6.54 Å². The van der Waals surface area contributed by atoms with Gasteiger partial charge in [0, 0.05) is 18.3 Å². The van der Waals surface area contributed by atoms with E-state index in [1.54, 1.807) is 0 Å². The van der Waals surface area contributed by atoms with Crippen molar-refractivity contribution in [3.8, 4) is 16.9 Å². The minimum absolute atomic E-state index is 0.597. The van der Waals surface area contributed by atoms with Crippen LogP contribution < -0.4 is 10.5 Å². The fourth-order valence-electron chi connectivity index (χ4n) is 1.91. The fourth-order valence-corrected chi connectivity index (χ4v) is 1.91. The van der Waals surface area contributed by atoms with E-state index in [4.69, 9.17) is 10.5 Å². The minimum Gasteiger partial charge on any atom is -0.493 e. The molecule has 0 bridgehead atoms. The Hall–Kier alpha value is -1.81. The quantitative estimate of drug-likeness (QED) is 0.867. The molecule has 0 amide bonds. The number of hydrogen-bond donors (Lipinski definition) is 1. The zero-order valence-electron chi connectivity index (χ0n) is 11.6. The molecule has 1 aromatic carbocycles. The van der Waals surface area contributed by atoms with E-state index >= 15 is 0 Å². The summed E-state index contributed by atoms with van der Waals surface area (Å²) in [5, 5.41) is 4.29. The van der Waals surface area contributed by atoms with Gasteiger partial charge in [0.25, 0.3) is 0 Å². The molecule has 102 valence electrons. The molecule has 0 aliphatic rings. The lowest BCUT2D eigenvalue weighted by Crippen LogP contribution is -2.09. The van der Waals surface area contributed by atoms with Crippen LogP contribution in [-0.4, -0.2) is 22.9 Å². The van der Waals surface area contributed by atoms with Gasteiger partial charge in [-0.1, -0.05) is 19.1 Å². The van der Waals surface area contributed by atoms with E-state index in [1.165, 1.54) is 0 Å². The summed E-state index contributed by atoms with van der Waals surface area (Å²) >= 11 is 0. The molecule has 0 fully saturated rings. The summed E-state index contributed by atoms with van der Waals surface area (Å²) < 4.78 is 7.62. The molecular formula is C15H21N3O. The maximum Gasteiger partial charge on any atom is 0.122 e. The van der Waals surface area contributed by atoms with Crippen molar-refractivity contribution in [1.29, 1.82) is 0 Å². The van der Waals surface area contributed by atoms with Crippen LogP contribution in [0, 0.1) is 6.92 Å². The number of aromatic nitrogens is 2. The van der Waals surface area contributed by atoms with Crippen molar-refractivity contribution in [2.75, 3.05) is 13.2 Å². The molecule has 2 N–H and O–H groups in total. The molecular weight excluding hydrogens is 238 g/mol. The minimum atomic E-state index is 0.597. The van der Waals surface area contributed by atoms with Gasteiger partial charge >= 0.3 is 0 Å². The Morgan fingerprint density at radius 1 is 1.32 bits per heavy atom. The molecule has 19 heavy (non-hydrogen) atoms. The number of nitrogens with two attached hydrogens (primary N) is 1. The van der Waals surface area contributed by atoms with E-state index in [2.05, 4.69) is 37.1 Å². The van der Waals surface area contributed by atoms with Gasteiger partial charge in [0.2, 0.25) is 0 Å². The van der Waals surface area contributed by atoms with Crippen LogP contribution in [-0.2, 0) is 6.54 Å². The van der Waals surface area contributed by atoms with E-state index in [0.717, 1.165) is 42.0 Å². The second-order valence-corrected chi connectivity index (χ2v) is 4.61. The summed E-state index contributed by atoms with van der Waals surface area (Å²) in [6, 6.07) is 6.26. The maximum atomic E-state index is 5.76. The Balaban J connectivity index is 2.23. The third-order valence-corrected chi connectivity index (χ3v) is 2.97.